The summed E-state index contributed by atoms with van der Waals surface area (Å²) in [5.74, 6) is 1.64. The molecule has 25 heavy (non-hydrogen) atoms. The van der Waals surface area contributed by atoms with E-state index in [2.05, 4.69) is 0 Å². The van der Waals surface area contributed by atoms with Crippen LogP contribution in [0.4, 0.5) is 4.79 Å². The SMILES string of the molecule is CCOC(=O)N1C[C@@H]2c3cc(O)ccc3Oc3ccc(Cl)cc3[C@H]2C1. The molecule has 1 fully saturated rings. The van der Waals surface area contributed by atoms with Crippen LogP contribution in [0.1, 0.15) is 29.9 Å². The Morgan fingerprint density at radius 3 is 2.52 bits per heavy atom. The second-order valence-corrected chi connectivity index (χ2v) is 6.76. The van der Waals surface area contributed by atoms with E-state index in [0.717, 1.165) is 16.9 Å². The highest BCUT2D eigenvalue weighted by atomic mass is 35.5. The monoisotopic (exact) mass is 359 g/mol. The number of fused-ring (bicyclic) bond motifs is 5. The number of halogens is 1. The van der Waals surface area contributed by atoms with Crippen LogP contribution in [-0.2, 0) is 4.74 Å². The summed E-state index contributed by atoms with van der Waals surface area (Å²) in [4.78, 5) is 13.9. The van der Waals surface area contributed by atoms with E-state index in [4.69, 9.17) is 21.1 Å². The number of rotatable bonds is 1. The van der Waals surface area contributed by atoms with Gasteiger partial charge in [-0.15, -0.1) is 0 Å². The zero-order valence-electron chi connectivity index (χ0n) is 13.7. The summed E-state index contributed by atoms with van der Waals surface area (Å²) < 4.78 is 11.3. The first-order chi connectivity index (χ1) is 12.1. The van der Waals surface area contributed by atoms with Crippen molar-refractivity contribution in [2.75, 3.05) is 19.7 Å². The number of carbonyl (C=O) groups excluding carboxylic acids is 1. The molecule has 0 unspecified atom stereocenters. The first-order valence-corrected chi connectivity index (χ1v) is 8.66. The summed E-state index contributed by atoms with van der Waals surface area (Å²) in [6.45, 7) is 3.17. The van der Waals surface area contributed by atoms with Crippen molar-refractivity contribution in [1.29, 1.82) is 0 Å². The van der Waals surface area contributed by atoms with Crippen LogP contribution in [0.5, 0.6) is 17.2 Å². The first-order valence-electron chi connectivity index (χ1n) is 8.28. The lowest BCUT2D eigenvalue weighted by molar-refractivity contribution is 0.115. The smallest absolute Gasteiger partial charge is 0.409 e. The number of hydrogen-bond donors (Lipinski definition) is 1. The van der Waals surface area contributed by atoms with Gasteiger partial charge in [-0.25, -0.2) is 4.79 Å². The fourth-order valence-corrected chi connectivity index (χ4v) is 3.92. The first kappa shape index (κ1) is 16.1. The Bertz CT molecular complexity index is 779. The van der Waals surface area contributed by atoms with Crippen LogP contribution in [0.3, 0.4) is 0 Å². The van der Waals surface area contributed by atoms with Gasteiger partial charge in [-0.2, -0.15) is 0 Å². The maximum Gasteiger partial charge on any atom is 0.409 e. The number of phenols is 1. The van der Waals surface area contributed by atoms with Gasteiger partial charge in [0.1, 0.15) is 17.2 Å². The van der Waals surface area contributed by atoms with E-state index in [0.29, 0.717) is 30.5 Å². The molecule has 0 aromatic heterocycles. The Balaban J connectivity index is 1.82. The molecular formula is C19H18ClNO4. The standard InChI is InChI=1S/C19H18ClNO4/c1-2-24-19(23)21-9-15-13-7-11(20)3-5-17(13)25-18-6-4-12(22)8-14(18)16(15)10-21/h3-8,15-16,22H,2,9-10H2,1H3/t15-,16-/m1/s1. The lowest BCUT2D eigenvalue weighted by Gasteiger charge is -2.17. The Morgan fingerprint density at radius 2 is 1.84 bits per heavy atom. The van der Waals surface area contributed by atoms with Crippen LogP contribution in [0.25, 0.3) is 0 Å². The van der Waals surface area contributed by atoms with Crippen molar-refractivity contribution in [1.82, 2.24) is 4.90 Å². The lowest BCUT2D eigenvalue weighted by atomic mass is 9.84. The van der Waals surface area contributed by atoms with Crippen molar-refractivity contribution < 1.29 is 19.4 Å². The largest absolute Gasteiger partial charge is 0.508 e. The van der Waals surface area contributed by atoms with E-state index in [1.807, 2.05) is 12.1 Å². The van der Waals surface area contributed by atoms with Gasteiger partial charge in [0.15, 0.2) is 0 Å². The molecule has 0 radical (unpaired) electrons. The van der Waals surface area contributed by atoms with Crippen molar-refractivity contribution in [3.8, 4) is 17.2 Å². The summed E-state index contributed by atoms with van der Waals surface area (Å²) in [7, 11) is 0. The minimum absolute atomic E-state index is 0.00576. The predicted molar refractivity (Wildman–Crippen MR) is 93.7 cm³/mol. The summed E-state index contributed by atoms with van der Waals surface area (Å²) in [5.41, 5.74) is 1.86. The highest BCUT2D eigenvalue weighted by Gasteiger charge is 2.42. The van der Waals surface area contributed by atoms with E-state index >= 15 is 0 Å². The van der Waals surface area contributed by atoms with Crippen LogP contribution < -0.4 is 4.74 Å². The maximum absolute atomic E-state index is 12.2. The second kappa shape index (κ2) is 6.15. The van der Waals surface area contributed by atoms with E-state index in [9.17, 15) is 9.90 Å². The lowest BCUT2D eigenvalue weighted by Crippen LogP contribution is -2.29. The molecule has 0 spiro atoms. The molecule has 0 bridgehead atoms. The molecule has 2 aliphatic heterocycles. The summed E-state index contributed by atoms with van der Waals surface area (Å²) in [6, 6.07) is 10.6. The summed E-state index contributed by atoms with van der Waals surface area (Å²) in [6.07, 6.45) is -0.318. The number of hydrogen-bond acceptors (Lipinski definition) is 4. The number of ether oxygens (including phenoxy) is 2. The summed E-state index contributed by atoms with van der Waals surface area (Å²) >= 11 is 6.20. The van der Waals surface area contributed by atoms with Gasteiger partial charge in [0.05, 0.1) is 6.61 Å². The Hall–Kier alpha value is -2.40. The number of aromatic hydroxyl groups is 1. The molecule has 5 nitrogen and oxygen atoms in total. The van der Waals surface area contributed by atoms with E-state index in [-0.39, 0.29) is 23.7 Å². The zero-order chi connectivity index (χ0) is 17.6. The number of likely N-dealkylation sites (tertiary alicyclic amines) is 1. The molecule has 4 rings (SSSR count). The van der Waals surface area contributed by atoms with E-state index in [1.165, 1.54) is 0 Å². The number of nitrogens with zero attached hydrogens (tertiary/aromatic N) is 1. The van der Waals surface area contributed by atoms with Crippen molar-refractivity contribution in [2.24, 2.45) is 0 Å². The van der Waals surface area contributed by atoms with Crippen molar-refractivity contribution >= 4 is 17.7 Å². The molecule has 2 atom stereocenters. The van der Waals surface area contributed by atoms with Crippen LogP contribution in [-0.4, -0.2) is 35.8 Å². The van der Waals surface area contributed by atoms with Gasteiger partial charge >= 0.3 is 6.09 Å². The minimum Gasteiger partial charge on any atom is -0.508 e. The van der Waals surface area contributed by atoms with Gasteiger partial charge in [0, 0.05) is 41.1 Å². The van der Waals surface area contributed by atoms with Crippen LogP contribution in [0.2, 0.25) is 5.02 Å². The van der Waals surface area contributed by atoms with E-state index < -0.39 is 0 Å². The molecule has 2 heterocycles. The normalized spacial score (nSPS) is 20.8. The Labute approximate surface area is 150 Å². The number of amides is 1. The quantitative estimate of drug-likeness (QED) is 0.815. The van der Waals surface area contributed by atoms with Gasteiger partial charge in [0.25, 0.3) is 0 Å². The highest BCUT2D eigenvalue weighted by molar-refractivity contribution is 6.30. The molecule has 0 saturated carbocycles. The molecule has 1 N–H and O–H groups in total. The molecule has 2 aromatic carbocycles. The van der Waals surface area contributed by atoms with Crippen LogP contribution in [0.15, 0.2) is 36.4 Å². The minimum atomic E-state index is -0.318. The van der Waals surface area contributed by atoms with Crippen molar-refractivity contribution in [3.63, 3.8) is 0 Å². The topological polar surface area (TPSA) is 59.0 Å². The molecular weight excluding hydrogens is 342 g/mol. The van der Waals surface area contributed by atoms with Gasteiger partial charge in [0.2, 0.25) is 0 Å². The third-order valence-corrected chi connectivity index (χ3v) is 5.07. The fourth-order valence-electron chi connectivity index (χ4n) is 3.74. The number of benzene rings is 2. The van der Waals surface area contributed by atoms with Gasteiger partial charge < -0.3 is 19.5 Å². The Kier molecular flexibility index (Phi) is 3.96. The van der Waals surface area contributed by atoms with Crippen molar-refractivity contribution in [2.45, 2.75) is 18.8 Å². The van der Waals surface area contributed by atoms with Crippen molar-refractivity contribution in [3.05, 3.63) is 52.5 Å². The van der Waals surface area contributed by atoms with Gasteiger partial charge in [-0.3, -0.25) is 0 Å². The number of carbonyl (C=O) groups is 1. The molecule has 6 heteroatoms. The molecule has 0 aliphatic carbocycles. The van der Waals surface area contributed by atoms with Crippen LogP contribution >= 0.6 is 11.6 Å². The highest BCUT2D eigenvalue weighted by Crippen LogP contribution is 2.51. The Morgan fingerprint density at radius 1 is 1.20 bits per heavy atom. The average molecular weight is 360 g/mol. The molecule has 1 amide bonds. The third kappa shape index (κ3) is 2.78. The number of phenolic OH excluding ortho intramolecular Hbond substituents is 1. The van der Waals surface area contributed by atoms with Gasteiger partial charge in [-0.1, -0.05) is 11.6 Å². The maximum atomic E-state index is 12.2. The molecule has 2 aromatic rings. The molecule has 2 aliphatic rings. The fraction of sp³-hybridized carbons (Fsp3) is 0.316. The predicted octanol–water partition coefficient (Wildman–Crippen LogP) is 4.49. The summed E-state index contributed by atoms with van der Waals surface area (Å²) in [5, 5.41) is 10.6. The second-order valence-electron chi connectivity index (χ2n) is 6.32. The van der Waals surface area contributed by atoms with E-state index in [1.54, 1.807) is 36.1 Å². The average Bonchev–Trinajstić information content (AvgIpc) is 2.99. The van der Waals surface area contributed by atoms with Crippen LogP contribution in [0, 0.1) is 0 Å². The molecule has 1 saturated heterocycles. The molecule has 130 valence electrons. The third-order valence-electron chi connectivity index (χ3n) is 4.83. The zero-order valence-corrected chi connectivity index (χ0v) is 14.5. The van der Waals surface area contributed by atoms with Gasteiger partial charge in [-0.05, 0) is 43.3 Å².